The highest BCUT2D eigenvalue weighted by Gasteiger charge is 2.49. The van der Waals surface area contributed by atoms with Gasteiger partial charge in [0.15, 0.2) is 0 Å². The number of sulfonamides is 1. The largest absolute Gasteiger partial charge is 0.481 e. The second kappa shape index (κ2) is 12.6. The van der Waals surface area contributed by atoms with Gasteiger partial charge in [0, 0.05) is 21.5 Å². The highest BCUT2D eigenvalue weighted by Crippen LogP contribution is 2.51. The monoisotopic (exact) mass is 651 g/mol. The van der Waals surface area contributed by atoms with E-state index in [2.05, 4.69) is 6.07 Å². The van der Waals surface area contributed by atoms with Crippen LogP contribution in [0, 0.1) is 17.2 Å². The summed E-state index contributed by atoms with van der Waals surface area (Å²) in [4.78, 5) is 28.3. The van der Waals surface area contributed by atoms with Gasteiger partial charge in [0.1, 0.15) is 6.07 Å². The summed E-state index contributed by atoms with van der Waals surface area (Å²) in [6, 6.07) is 21.7. The van der Waals surface area contributed by atoms with Gasteiger partial charge in [-0.1, -0.05) is 65.2 Å². The molecule has 1 N–H and O–H groups in total. The molecular weight excluding hydrogens is 621 g/mol. The standard InChI is InChI=1S/C33H31Cl2N3O5S/c1-20-27(17-30(39)40)33(41)38(32(22-12-14-25(34)15-13-22)31(20)23-7-5-8-26(35)16-23)29(21-10-11-21)19-37(44(2,42)43)28-9-4-3-6-24(28)18-36/h3-9,12-16,21,29,31-32H,10-11,17,19H2,1-2H3,(H,39,40)/t29?,31-,32-/m1/s1. The van der Waals surface area contributed by atoms with E-state index in [-0.39, 0.29) is 29.3 Å². The summed E-state index contributed by atoms with van der Waals surface area (Å²) < 4.78 is 27.8. The summed E-state index contributed by atoms with van der Waals surface area (Å²) in [5.41, 5.74) is 2.72. The van der Waals surface area contributed by atoms with Crippen molar-refractivity contribution in [2.45, 2.75) is 44.2 Å². The molecule has 1 heterocycles. The van der Waals surface area contributed by atoms with Crippen molar-refractivity contribution in [3.05, 3.63) is 111 Å². The van der Waals surface area contributed by atoms with E-state index in [4.69, 9.17) is 23.2 Å². The third kappa shape index (κ3) is 6.48. The number of carboxylic acids is 1. The van der Waals surface area contributed by atoms with Crippen molar-refractivity contribution in [2.75, 3.05) is 17.1 Å². The van der Waals surface area contributed by atoms with Crippen molar-refractivity contribution in [2.24, 2.45) is 5.92 Å². The molecule has 1 fully saturated rings. The lowest BCUT2D eigenvalue weighted by atomic mass is 9.75. The van der Waals surface area contributed by atoms with Crippen molar-refractivity contribution in [1.82, 2.24) is 4.90 Å². The number of benzene rings is 3. The van der Waals surface area contributed by atoms with Crippen LogP contribution in [-0.4, -0.2) is 49.1 Å². The van der Waals surface area contributed by atoms with E-state index >= 15 is 0 Å². The Morgan fingerprint density at radius 1 is 1.05 bits per heavy atom. The zero-order valence-electron chi connectivity index (χ0n) is 24.2. The molecule has 44 heavy (non-hydrogen) atoms. The molecule has 228 valence electrons. The number of carbonyl (C=O) groups is 2. The van der Waals surface area contributed by atoms with Crippen LogP contribution < -0.4 is 4.31 Å². The Bertz CT molecular complexity index is 1780. The fourth-order valence-corrected chi connectivity index (χ4v) is 7.48. The molecule has 1 amide bonds. The molecule has 0 spiro atoms. The van der Waals surface area contributed by atoms with Gasteiger partial charge in [-0.3, -0.25) is 13.9 Å². The Kier molecular flexibility index (Phi) is 9.07. The Morgan fingerprint density at radius 3 is 2.32 bits per heavy atom. The van der Waals surface area contributed by atoms with E-state index in [1.807, 2.05) is 30.3 Å². The number of amides is 1. The van der Waals surface area contributed by atoms with Crippen LogP contribution in [0.15, 0.2) is 83.9 Å². The van der Waals surface area contributed by atoms with Crippen LogP contribution >= 0.6 is 23.2 Å². The minimum Gasteiger partial charge on any atom is -0.481 e. The molecule has 0 saturated heterocycles. The average molecular weight is 653 g/mol. The maximum atomic E-state index is 14.6. The first kappa shape index (κ1) is 31.6. The van der Waals surface area contributed by atoms with Gasteiger partial charge in [0.2, 0.25) is 10.0 Å². The molecule has 3 atom stereocenters. The van der Waals surface area contributed by atoms with Gasteiger partial charge in [-0.05, 0) is 73.2 Å². The maximum Gasteiger partial charge on any atom is 0.308 e. The lowest BCUT2D eigenvalue weighted by Gasteiger charge is -2.48. The van der Waals surface area contributed by atoms with Crippen LogP contribution in [0.3, 0.4) is 0 Å². The molecule has 1 saturated carbocycles. The molecule has 0 aromatic heterocycles. The van der Waals surface area contributed by atoms with Crippen LogP contribution in [0.4, 0.5) is 5.69 Å². The number of aliphatic carboxylic acids is 1. The SMILES string of the molecule is CC1=C(CC(=O)O)C(=O)N(C(CN(c2ccccc2C#N)S(C)(=O)=O)C2CC2)[C@H](c2ccc(Cl)cc2)[C@H]1c1cccc(Cl)c1. The van der Waals surface area contributed by atoms with Crippen LogP contribution in [0.2, 0.25) is 10.0 Å². The Balaban J connectivity index is 1.74. The van der Waals surface area contributed by atoms with Crippen LogP contribution in [0.1, 0.15) is 54.8 Å². The van der Waals surface area contributed by atoms with Crippen LogP contribution in [0.25, 0.3) is 0 Å². The third-order valence-electron chi connectivity index (χ3n) is 8.37. The first-order valence-electron chi connectivity index (χ1n) is 14.1. The van der Waals surface area contributed by atoms with Gasteiger partial charge >= 0.3 is 5.97 Å². The zero-order valence-corrected chi connectivity index (χ0v) is 26.5. The number of halogens is 2. The van der Waals surface area contributed by atoms with E-state index in [9.17, 15) is 28.4 Å². The lowest BCUT2D eigenvalue weighted by molar-refractivity contribution is -0.140. The number of carboxylic acid groups (broad SMARTS) is 1. The molecule has 0 radical (unpaired) electrons. The second-order valence-corrected chi connectivity index (χ2v) is 14.1. The van der Waals surface area contributed by atoms with E-state index < -0.39 is 46.3 Å². The predicted molar refractivity (Wildman–Crippen MR) is 170 cm³/mol. The molecule has 2 aliphatic rings. The normalized spacial score (nSPS) is 19.4. The van der Waals surface area contributed by atoms with Crippen molar-refractivity contribution in [1.29, 1.82) is 5.26 Å². The van der Waals surface area contributed by atoms with E-state index in [1.54, 1.807) is 54.3 Å². The van der Waals surface area contributed by atoms with E-state index in [1.165, 1.54) is 4.31 Å². The molecule has 1 aliphatic carbocycles. The minimum atomic E-state index is -3.91. The highest BCUT2D eigenvalue weighted by atomic mass is 35.5. The van der Waals surface area contributed by atoms with Crippen LogP contribution in [-0.2, 0) is 19.6 Å². The molecular formula is C33H31Cl2N3O5S. The third-order valence-corrected chi connectivity index (χ3v) is 10.0. The highest BCUT2D eigenvalue weighted by molar-refractivity contribution is 7.92. The Labute approximate surface area is 267 Å². The number of carbonyl (C=O) groups excluding carboxylic acids is 1. The fourth-order valence-electron chi connectivity index (χ4n) is 6.22. The van der Waals surface area contributed by atoms with E-state index in [0.29, 0.717) is 15.6 Å². The minimum absolute atomic E-state index is 0.0447. The van der Waals surface area contributed by atoms with Gasteiger partial charge in [0.25, 0.3) is 5.91 Å². The molecule has 11 heteroatoms. The fraction of sp³-hybridized carbons (Fsp3) is 0.303. The Morgan fingerprint density at radius 2 is 1.73 bits per heavy atom. The number of anilines is 1. The van der Waals surface area contributed by atoms with Crippen molar-refractivity contribution in [3.8, 4) is 6.07 Å². The number of hydrogen-bond acceptors (Lipinski definition) is 5. The molecule has 3 aromatic rings. The number of para-hydroxylation sites is 1. The Hall–Kier alpha value is -3.84. The molecule has 3 aromatic carbocycles. The number of rotatable bonds is 10. The number of hydrogen-bond donors (Lipinski definition) is 1. The molecule has 5 rings (SSSR count). The first-order chi connectivity index (χ1) is 20.9. The summed E-state index contributed by atoms with van der Waals surface area (Å²) in [6.45, 7) is 1.67. The van der Waals surface area contributed by atoms with Crippen molar-refractivity contribution in [3.63, 3.8) is 0 Å². The lowest BCUT2D eigenvalue weighted by Crippen LogP contribution is -2.54. The van der Waals surface area contributed by atoms with Crippen molar-refractivity contribution >= 4 is 50.8 Å². The average Bonchev–Trinajstić information content (AvgIpc) is 3.81. The first-order valence-corrected chi connectivity index (χ1v) is 16.7. The molecule has 8 nitrogen and oxygen atoms in total. The maximum absolute atomic E-state index is 14.6. The van der Waals surface area contributed by atoms with Gasteiger partial charge in [-0.2, -0.15) is 5.26 Å². The molecule has 0 bridgehead atoms. The predicted octanol–water partition coefficient (Wildman–Crippen LogP) is 6.57. The topological polar surface area (TPSA) is 119 Å². The van der Waals surface area contributed by atoms with Gasteiger partial charge in [-0.15, -0.1) is 0 Å². The number of nitriles is 1. The molecule has 1 unspecified atom stereocenters. The number of nitrogens with zero attached hydrogens (tertiary/aromatic N) is 3. The van der Waals surface area contributed by atoms with Crippen molar-refractivity contribution < 1.29 is 23.1 Å². The van der Waals surface area contributed by atoms with Gasteiger partial charge < -0.3 is 10.0 Å². The summed E-state index contributed by atoms with van der Waals surface area (Å²) in [5.74, 6) is -2.13. The summed E-state index contributed by atoms with van der Waals surface area (Å²) in [5, 5.41) is 20.7. The molecule has 1 aliphatic heterocycles. The zero-order chi connectivity index (χ0) is 31.8. The summed E-state index contributed by atoms with van der Waals surface area (Å²) in [7, 11) is -3.91. The van der Waals surface area contributed by atoms with Crippen LogP contribution in [0.5, 0.6) is 0 Å². The smallest absolute Gasteiger partial charge is 0.308 e. The second-order valence-electron chi connectivity index (χ2n) is 11.3. The van der Waals surface area contributed by atoms with E-state index in [0.717, 1.165) is 30.2 Å². The summed E-state index contributed by atoms with van der Waals surface area (Å²) in [6.07, 6.45) is 2.11. The van der Waals surface area contributed by atoms with Gasteiger partial charge in [-0.25, -0.2) is 8.42 Å². The quantitative estimate of drug-likeness (QED) is 0.265. The summed E-state index contributed by atoms with van der Waals surface area (Å²) >= 11 is 12.7. The van der Waals surface area contributed by atoms with Gasteiger partial charge in [0.05, 0.1) is 42.6 Å².